The summed E-state index contributed by atoms with van der Waals surface area (Å²) < 4.78 is 7.41. The first kappa shape index (κ1) is 18.6. The Bertz CT molecular complexity index is 932. The van der Waals surface area contributed by atoms with Crippen molar-refractivity contribution >= 4 is 11.6 Å². The van der Waals surface area contributed by atoms with Gasteiger partial charge in [0, 0.05) is 31.4 Å². The molecular formula is C22H26N4O2. The van der Waals surface area contributed by atoms with Gasteiger partial charge in [0.15, 0.2) is 5.65 Å². The molecule has 1 aliphatic rings. The molecule has 1 fully saturated rings. The van der Waals surface area contributed by atoms with E-state index in [1.165, 1.54) is 5.56 Å². The molecule has 6 heteroatoms. The first-order chi connectivity index (χ1) is 13.7. The van der Waals surface area contributed by atoms with Gasteiger partial charge in [0.05, 0.1) is 5.56 Å². The van der Waals surface area contributed by atoms with Crippen LogP contribution in [0.3, 0.4) is 0 Å². The second kappa shape index (κ2) is 8.52. The van der Waals surface area contributed by atoms with E-state index in [0.717, 1.165) is 50.4 Å². The van der Waals surface area contributed by atoms with Gasteiger partial charge in [-0.15, -0.1) is 10.2 Å². The van der Waals surface area contributed by atoms with Crippen LogP contribution in [0.2, 0.25) is 0 Å². The van der Waals surface area contributed by atoms with Gasteiger partial charge >= 0.3 is 0 Å². The first-order valence-corrected chi connectivity index (χ1v) is 9.98. The highest BCUT2D eigenvalue weighted by molar-refractivity contribution is 5.94. The fourth-order valence-corrected chi connectivity index (χ4v) is 3.68. The summed E-state index contributed by atoms with van der Waals surface area (Å²) in [6.07, 6.45) is 5.58. The zero-order valence-corrected chi connectivity index (χ0v) is 16.2. The van der Waals surface area contributed by atoms with Crippen LogP contribution in [0.15, 0.2) is 48.7 Å². The lowest BCUT2D eigenvalue weighted by Crippen LogP contribution is -2.33. The number of hydrogen-bond acceptors (Lipinski definition) is 4. The van der Waals surface area contributed by atoms with Gasteiger partial charge in [0.25, 0.3) is 5.91 Å². The molecule has 146 valence electrons. The summed E-state index contributed by atoms with van der Waals surface area (Å²) in [4.78, 5) is 12.7. The second-order valence-corrected chi connectivity index (χ2v) is 7.49. The predicted octanol–water partition coefficient (Wildman–Crippen LogP) is 3.37. The number of nitrogens with one attached hydrogen (secondary N) is 1. The van der Waals surface area contributed by atoms with Crippen LogP contribution in [0.5, 0.6) is 0 Å². The third-order valence-corrected chi connectivity index (χ3v) is 5.36. The quantitative estimate of drug-likeness (QED) is 0.714. The molecule has 4 rings (SSSR count). The van der Waals surface area contributed by atoms with Crippen LogP contribution in [0, 0.1) is 0 Å². The maximum atomic E-state index is 12.7. The molecule has 0 radical (unpaired) electrons. The molecule has 0 bridgehead atoms. The summed E-state index contributed by atoms with van der Waals surface area (Å²) in [5, 5.41) is 11.7. The van der Waals surface area contributed by atoms with E-state index in [0.29, 0.717) is 11.5 Å². The highest BCUT2D eigenvalue weighted by atomic mass is 16.5. The predicted molar refractivity (Wildman–Crippen MR) is 107 cm³/mol. The molecule has 3 aromatic rings. The topological polar surface area (TPSA) is 68.5 Å². The Morgan fingerprint density at radius 1 is 1.18 bits per heavy atom. The van der Waals surface area contributed by atoms with Crippen LogP contribution in [0.4, 0.5) is 0 Å². The summed E-state index contributed by atoms with van der Waals surface area (Å²) in [5.41, 5.74) is 2.69. The number of amides is 1. The molecule has 1 saturated heterocycles. The van der Waals surface area contributed by atoms with Crippen LogP contribution in [0.25, 0.3) is 5.65 Å². The average Bonchev–Trinajstić information content (AvgIpc) is 3.17. The molecule has 2 aromatic heterocycles. The zero-order valence-electron chi connectivity index (χ0n) is 16.2. The lowest BCUT2D eigenvalue weighted by atomic mass is 9.99. The Morgan fingerprint density at radius 2 is 1.96 bits per heavy atom. The third-order valence-electron chi connectivity index (χ3n) is 5.36. The highest BCUT2D eigenvalue weighted by Crippen LogP contribution is 2.26. The molecule has 6 nitrogen and oxygen atoms in total. The van der Waals surface area contributed by atoms with Gasteiger partial charge in [-0.3, -0.25) is 9.20 Å². The van der Waals surface area contributed by atoms with E-state index in [4.69, 9.17) is 4.74 Å². The Morgan fingerprint density at radius 3 is 2.75 bits per heavy atom. The fraction of sp³-hybridized carbons (Fsp3) is 0.409. The van der Waals surface area contributed by atoms with Crippen molar-refractivity contribution in [2.75, 3.05) is 13.2 Å². The van der Waals surface area contributed by atoms with E-state index in [1.54, 1.807) is 0 Å². The number of rotatable bonds is 6. The number of aromatic nitrogens is 3. The van der Waals surface area contributed by atoms with Gasteiger partial charge in [0.1, 0.15) is 5.82 Å². The number of pyridine rings is 1. The number of benzene rings is 1. The number of aryl methyl sites for hydroxylation is 1. The van der Waals surface area contributed by atoms with Crippen LogP contribution in [-0.2, 0) is 11.2 Å². The summed E-state index contributed by atoms with van der Waals surface area (Å²) in [5.74, 6) is 1.19. The number of nitrogens with zero attached hydrogens (tertiary/aromatic N) is 3. The summed E-state index contributed by atoms with van der Waals surface area (Å²) >= 11 is 0. The minimum Gasteiger partial charge on any atom is -0.381 e. The summed E-state index contributed by atoms with van der Waals surface area (Å²) in [6.45, 7) is 3.54. The lowest BCUT2D eigenvalue weighted by molar-refractivity contribution is 0.0833. The molecular weight excluding hydrogens is 352 g/mol. The summed E-state index contributed by atoms with van der Waals surface area (Å²) in [7, 11) is 0. The Balaban J connectivity index is 1.43. The zero-order chi connectivity index (χ0) is 19.3. The van der Waals surface area contributed by atoms with Crippen molar-refractivity contribution in [3.63, 3.8) is 0 Å². The van der Waals surface area contributed by atoms with Crippen LogP contribution in [0.1, 0.15) is 53.8 Å². The van der Waals surface area contributed by atoms with Crippen molar-refractivity contribution in [3.8, 4) is 0 Å². The monoisotopic (exact) mass is 378 g/mol. The minimum absolute atomic E-state index is 0.0610. The third kappa shape index (κ3) is 4.22. The molecule has 0 saturated carbocycles. The van der Waals surface area contributed by atoms with Gasteiger partial charge in [0.2, 0.25) is 0 Å². The maximum Gasteiger partial charge on any atom is 0.252 e. The van der Waals surface area contributed by atoms with Gasteiger partial charge in [-0.05, 0) is 50.3 Å². The lowest BCUT2D eigenvalue weighted by Gasteiger charge is -2.20. The van der Waals surface area contributed by atoms with Gasteiger partial charge in [-0.25, -0.2) is 0 Å². The van der Waals surface area contributed by atoms with Crippen molar-refractivity contribution in [1.29, 1.82) is 0 Å². The Hall–Kier alpha value is -2.73. The SMILES string of the molecule is CC(CCc1ccccc1)NC(=O)c1ccc2nnc(C3CCOCC3)n2c1. The standard InChI is InChI=1S/C22H26N4O2/c1-16(7-8-17-5-3-2-4-6-17)23-22(27)19-9-10-20-24-25-21(26(20)15-19)18-11-13-28-14-12-18/h2-6,9-10,15-16,18H,7-8,11-14H2,1H3,(H,23,27). The van der Waals surface area contributed by atoms with Crippen LogP contribution >= 0.6 is 0 Å². The Kier molecular flexibility index (Phi) is 5.67. The van der Waals surface area contributed by atoms with Gasteiger partial charge in [-0.2, -0.15) is 0 Å². The second-order valence-electron chi connectivity index (χ2n) is 7.49. The van der Waals surface area contributed by atoms with Crippen molar-refractivity contribution in [2.24, 2.45) is 0 Å². The number of fused-ring (bicyclic) bond motifs is 1. The van der Waals surface area contributed by atoms with Crippen LogP contribution in [-0.4, -0.2) is 39.8 Å². The first-order valence-electron chi connectivity index (χ1n) is 9.98. The van der Waals surface area contributed by atoms with Crippen molar-refractivity contribution < 1.29 is 9.53 Å². The van der Waals surface area contributed by atoms with Crippen LogP contribution < -0.4 is 5.32 Å². The largest absolute Gasteiger partial charge is 0.381 e. The molecule has 1 aromatic carbocycles. The summed E-state index contributed by atoms with van der Waals surface area (Å²) in [6, 6.07) is 14.1. The number of carbonyl (C=O) groups excluding carboxylic acids is 1. The van der Waals surface area contributed by atoms with E-state index in [-0.39, 0.29) is 11.9 Å². The van der Waals surface area contributed by atoms with Crippen molar-refractivity contribution in [3.05, 3.63) is 65.6 Å². The highest BCUT2D eigenvalue weighted by Gasteiger charge is 2.22. The smallest absolute Gasteiger partial charge is 0.252 e. The van der Waals surface area contributed by atoms with E-state index in [1.807, 2.05) is 47.9 Å². The molecule has 1 aliphatic heterocycles. The average molecular weight is 378 g/mol. The molecule has 0 spiro atoms. The maximum absolute atomic E-state index is 12.7. The van der Waals surface area contributed by atoms with E-state index < -0.39 is 0 Å². The Labute approximate surface area is 164 Å². The number of ether oxygens (including phenoxy) is 1. The molecule has 0 aliphatic carbocycles. The fourth-order valence-electron chi connectivity index (χ4n) is 3.68. The normalized spacial score (nSPS) is 16.2. The van der Waals surface area contributed by atoms with E-state index >= 15 is 0 Å². The molecule has 1 N–H and O–H groups in total. The molecule has 3 heterocycles. The molecule has 1 atom stereocenters. The minimum atomic E-state index is -0.0610. The van der Waals surface area contributed by atoms with E-state index in [2.05, 4.69) is 27.6 Å². The molecule has 1 amide bonds. The van der Waals surface area contributed by atoms with Crippen molar-refractivity contribution in [2.45, 2.75) is 44.6 Å². The number of hydrogen-bond donors (Lipinski definition) is 1. The molecule has 28 heavy (non-hydrogen) atoms. The number of carbonyl (C=O) groups is 1. The van der Waals surface area contributed by atoms with E-state index in [9.17, 15) is 4.79 Å². The molecule has 1 unspecified atom stereocenters. The van der Waals surface area contributed by atoms with Gasteiger partial charge in [-0.1, -0.05) is 30.3 Å². The van der Waals surface area contributed by atoms with Crippen molar-refractivity contribution in [1.82, 2.24) is 19.9 Å². The van der Waals surface area contributed by atoms with Gasteiger partial charge < -0.3 is 10.1 Å².